The summed E-state index contributed by atoms with van der Waals surface area (Å²) in [5.41, 5.74) is 0.780. The van der Waals surface area contributed by atoms with E-state index in [2.05, 4.69) is 33.1 Å². The van der Waals surface area contributed by atoms with Crippen LogP contribution in [0.5, 0.6) is 0 Å². The monoisotopic (exact) mass is 513 g/mol. The van der Waals surface area contributed by atoms with Gasteiger partial charge >= 0.3 is 0 Å². The van der Waals surface area contributed by atoms with Crippen molar-refractivity contribution < 1.29 is 13.2 Å². The normalized spacial score (nSPS) is 21.8. The standard InChI is InChI=1S/C23H36BrN3O3S/c1-2-22-6-3-4-14-26(22)15-5-13-25-23(28)20-11-16-27(17-12-20)31(29,30)18-19-7-9-21(24)10-8-19/h7-10,20,22H,2-6,11-18H2,1H3,(H,25,28). The number of amides is 1. The second-order valence-corrected chi connectivity index (χ2v) is 11.7. The van der Waals surface area contributed by atoms with Gasteiger partial charge in [0.05, 0.1) is 5.75 Å². The molecule has 2 fully saturated rings. The number of carbonyl (C=O) groups is 1. The first-order valence-electron chi connectivity index (χ1n) is 11.6. The van der Waals surface area contributed by atoms with E-state index in [1.54, 1.807) is 4.31 Å². The summed E-state index contributed by atoms with van der Waals surface area (Å²) in [7, 11) is -3.36. The van der Waals surface area contributed by atoms with Crippen LogP contribution in [0.4, 0.5) is 0 Å². The summed E-state index contributed by atoms with van der Waals surface area (Å²) in [5.74, 6) is 0.00000459. The molecule has 174 valence electrons. The number of piperidine rings is 2. The number of nitrogens with zero attached hydrogens (tertiary/aromatic N) is 2. The van der Waals surface area contributed by atoms with Crippen LogP contribution in [0.15, 0.2) is 28.7 Å². The average molecular weight is 515 g/mol. The predicted octanol–water partition coefficient (Wildman–Crippen LogP) is 3.76. The third kappa shape index (κ3) is 7.27. The Hall–Kier alpha value is -0.960. The summed E-state index contributed by atoms with van der Waals surface area (Å²) < 4.78 is 27.9. The maximum atomic E-state index is 12.7. The van der Waals surface area contributed by atoms with Crippen molar-refractivity contribution in [2.75, 3.05) is 32.7 Å². The van der Waals surface area contributed by atoms with E-state index in [1.165, 1.54) is 32.2 Å². The second-order valence-electron chi connectivity index (χ2n) is 8.79. The van der Waals surface area contributed by atoms with Crippen LogP contribution in [0.1, 0.15) is 57.4 Å². The molecule has 0 aliphatic carbocycles. The van der Waals surface area contributed by atoms with Gasteiger partial charge in [0, 0.05) is 42.6 Å². The fourth-order valence-electron chi connectivity index (χ4n) is 4.73. The minimum Gasteiger partial charge on any atom is -0.356 e. The zero-order valence-electron chi connectivity index (χ0n) is 18.6. The first kappa shape index (κ1) is 24.7. The molecule has 0 spiro atoms. The quantitative estimate of drug-likeness (QED) is 0.510. The van der Waals surface area contributed by atoms with Crippen molar-refractivity contribution >= 4 is 31.9 Å². The van der Waals surface area contributed by atoms with Gasteiger partial charge in [-0.25, -0.2) is 12.7 Å². The van der Waals surface area contributed by atoms with Gasteiger partial charge in [-0.1, -0.05) is 41.4 Å². The summed E-state index contributed by atoms with van der Waals surface area (Å²) >= 11 is 3.37. The third-order valence-corrected chi connectivity index (χ3v) is 9.00. The molecular weight excluding hydrogens is 478 g/mol. The maximum Gasteiger partial charge on any atom is 0.223 e. The highest BCUT2D eigenvalue weighted by Crippen LogP contribution is 2.23. The Morgan fingerprint density at radius 1 is 1.10 bits per heavy atom. The molecule has 0 saturated carbocycles. The van der Waals surface area contributed by atoms with E-state index in [0.717, 1.165) is 23.0 Å². The van der Waals surface area contributed by atoms with Crippen molar-refractivity contribution in [1.82, 2.24) is 14.5 Å². The molecule has 1 atom stereocenters. The van der Waals surface area contributed by atoms with E-state index in [4.69, 9.17) is 0 Å². The van der Waals surface area contributed by atoms with Gasteiger partial charge in [-0.3, -0.25) is 4.79 Å². The van der Waals surface area contributed by atoms with Crippen molar-refractivity contribution in [3.8, 4) is 0 Å². The van der Waals surface area contributed by atoms with E-state index in [0.29, 0.717) is 38.5 Å². The third-order valence-electron chi connectivity index (χ3n) is 6.62. The van der Waals surface area contributed by atoms with Crippen LogP contribution in [0.2, 0.25) is 0 Å². The summed E-state index contributed by atoms with van der Waals surface area (Å²) in [4.78, 5) is 15.1. The zero-order chi connectivity index (χ0) is 22.3. The molecule has 0 aromatic heterocycles. The second kappa shape index (κ2) is 11.8. The Morgan fingerprint density at radius 2 is 1.81 bits per heavy atom. The summed E-state index contributed by atoms with van der Waals surface area (Å²) in [6, 6.07) is 8.07. The van der Waals surface area contributed by atoms with Crippen molar-refractivity contribution in [2.45, 2.75) is 63.7 Å². The Labute approximate surface area is 195 Å². The molecule has 1 unspecified atom stereocenters. The lowest BCUT2D eigenvalue weighted by Crippen LogP contribution is -2.44. The van der Waals surface area contributed by atoms with Crippen LogP contribution >= 0.6 is 15.9 Å². The fourth-order valence-corrected chi connectivity index (χ4v) is 6.56. The minimum absolute atomic E-state index is 0.00635. The molecule has 31 heavy (non-hydrogen) atoms. The Morgan fingerprint density at radius 3 is 2.48 bits per heavy atom. The Kier molecular flexibility index (Phi) is 9.37. The molecule has 0 bridgehead atoms. The summed E-state index contributed by atoms with van der Waals surface area (Å²) in [6.07, 6.45) is 7.28. The number of nitrogens with one attached hydrogen (secondary N) is 1. The van der Waals surface area contributed by atoms with Gasteiger partial charge in [0.15, 0.2) is 0 Å². The lowest BCUT2D eigenvalue weighted by atomic mass is 9.97. The summed E-state index contributed by atoms with van der Waals surface area (Å²) in [5, 5.41) is 3.09. The van der Waals surface area contributed by atoms with Crippen molar-refractivity contribution in [2.24, 2.45) is 5.92 Å². The molecule has 8 heteroatoms. The first-order valence-corrected chi connectivity index (χ1v) is 14.0. The predicted molar refractivity (Wildman–Crippen MR) is 128 cm³/mol. The molecule has 6 nitrogen and oxygen atoms in total. The topological polar surface area (TPSA) is 69.7 Å². The Balaban J connectivity index is 1.37. The fraction of sp³-hybridized carbons (Fsp3) is 0.696. The van der Waals surface area contributed by atoms with Crippen molar-refractivity contribution in [1.29, 1.82) is 0 Å². The van der Waals surface area contributed by atoms with Gasteiger partial charge < -0.3 is 10.2 Å². The van der Waals surface area contributed by atoms with Gasteiger partial charge in [0.1, 0.15) is 0 Å². The molecule has 1 aromatic rings. The van der Waals surface area contributed by atoms with E-state index in [9.17, 15) is 13.2 Å². The number of hydrogen-bond donors (Lipinski definition) is 1. The highest BCUT2D eigenvalue weighted by molar-refractivity contribution is 9.10. The first-order chi connectivity index (χ1) is 14.9. The average Bonchev–Trinajstić information content (AvgIpc) is 2.78. The van der Waals surface area contributed by atoms with Gasteiger partial charge in [0.2, 0.25) is 15.9 Å². The maximum absolute atomic E-state index is 12.7. The smallest absolute Gasteiger partial charge is 0.223 e. The van der Waals surface area contributed by atoms with Gasteiger partial charge in [-0.05, 0) is 62.8 Å². The molecule has 0 radical (unpaired) electrons. The summed E-state index contributed by atoms with van der Waals surface area (Å²) in [6.45, 7) is 6.03. The van der Waals surface area contributed by atoms with Crippen LogP contribution in [0.25, 0.3) is 0 Å². The number of benzene rings is 1. The molecule has 1 amide bonds. The van der Waals surface area contributed by atoms with E-state index in [-0.39, 0.29) is 17.6 Å². The van der Waals surface area contributed by atoms with E-state index >= 15 is 0 Å². The van der Waals surface area contributed by atoms with Crippen LogP contribution in [0.3, 0.4) is 0 Å². The van der Waals surface area contributed by atoms with Gasteiger partial charge in [-0.2, -0.15) is 0 Å². The largest absolute Gasteiger partial charge is 0.356 e. The van der Waals surface area contributed by atoms with Crippen molar-refractivity contribution in [3.63, 3.8) is 0 Å². The lowest BCUT2D eigenvalue weighted by Gasteiger charge is -2.35. The van der Waals surface area contributed by atoms with E-state index < -0.39 is 10.0 Å². The molecule has 2 heterocycles. The highest BCUT2D eigenvalue weighted by atomic mass is 79.9. The SMILES string of the molecule is CCC1CCCCN1CCCNC(=O)C1CCN(S(=O)(=O)Cc2ccc(Br)cc2)CC1. The highest BCUT2D eigenvalue weighted by Gasteiger charge is 2.31. The number of rotatable bonds is 9. The number of carbonyl (C=O) groups excluding carboxylic acids is 1. The minimum atomic E-state index is -3.36. The van der Waals surface area contributed by atoms with E-state index in [1.807, 2.05) is 24.3 Å². The van der Waals surface area contributed by atoms with Gasteiger partial charge in [-0.15, -0.1) is 0 Å². The number of sulfonamides is 1. The lowest BCUT2D eigenvalue weighted by molar-refractivity contribution is -0.126. The van der Waals surface area contributed by atoms with Crippen LogP contribution in [0, 0.1) is 5.92 Å². The van der Waals surface area contributed by atoms with Gasteiger partial charge in [0.25, 0.3) is 0 Å². The Bertz CT molecular complexity index is 808. The molecule has 2 saturated heterocycles. The molecule has 2 aliphatic rings. The number of likely N-dealkylation sites (tertiary alicyclic amines) is 1. The molecule has 1 N–H and O–H groups in total. The van der Waals surface area contributed by atoms with Crippen LogP contribution in [-0.4, -0.2) is 62.3 Å². The molecular formula is C23H36BrN3O3S. The number of halogens is 1. The number of hydrogen-bond acceptors (Lipinski definition) is 4. The van der Waals surface area contributed by atoms with Crippen LogP contribution in [-0.2, 0) is 20.6 Å². The molecule has 2 aliphatic heterocycles. The zero-order valence-corrected chi connectivity index (χ0v) is 21.0. The molecule has 3 rings (SSSR count). The van der Waals surface area contributed by atoms with Crippen molar-refractivity contribution in [3.05, 3.63) is 34.3 Å². The van der Waals surface area contributed by atoms with Crippen LogP contribution < -0.4 is 5.32 Å². The molecule has 1 aromatic carbocycles.